The number of rotatable bonds is 2. The third-order valence-corrected chi connectivity index (χ3v) is 4.93. The molecule has 1 aromatic rings. The van der Waals surface area contributed by atoms with Gasteiger partial charge in [0.25, 0.3) is 0 Å². The van der Waals surface area contributed by atoms with E-state index in [0.717, 1.165) is 28.1 Å². The maximum atomic E-state index is 6.18. The molecule has 0 amide bonds. The molecular formula is C17H23BO4. The van der Waals surface area contributed by atoms with Crippen molar-refractivity contribution in [2.45, 2.75) is 45.8 Å². The molecule has 2 aliphatic heterocycles. The second kappa shape index (κ2) is 5.03. The topological polar surface area (TPSA) is 36.9 Å². The summed E-state index contributed by atoms with van der Waals surface area (Å²) in [6.07, 6.45) is 4.08. The highest BCUT2D eigenvalue weighted by molar-refractivity contribution is 6.62. The molecule has 0 bridgehead atoms. The second-order valence-corrected chi connectivity index (χ2v) is 6.84. The fourth-order valence-electron chi connectivity index (χ4n) is 2.79. The molecule has 5 heteroatoms. The Bertz CT molecular complexity index is 618. The van der Waals surface area contributed by atoms with Crippen LogP contribution in [0.5, 0.6) is 11.5 Å². The van der Waals surface area contributed by atoms with E-state index in [1.807, 2.05) is 12.1 Å². The van der Waals surface area contributed by atoms with E-state index in [0.29, 0.717) is 6.61 Å². The summed E-state index contributed by atoms with van der Waals surface area (Å²) in [5, 5.41) is 0. The average Bonchev–Trinajstić information content (AvgIpc) is 2.68. The Labute approximate surface area is 132 Å². The lowest BCUT2D eigenvalue weighted by Crippen LogP contribution is -2.41. The maximum Gasteiger partial charge on any atom is 0.495 e. The molecule has 118 valence electrons. The molecule has 0 atom stereocenters. The Morgan fingerprint density at radius 1 is 1.14 bits per heavy atom. The summed E-state index contributed by atoms with van der Waals surface area (Å²) < 4.78 is 23.6. The van der Waals surface area contributed by atoms with Crippen molar-refractivity contribution in [1.29, 1.82) is 0 Å². The van der Waals surface area contributed by atoms with Crippen LogP contribution in [0.15, 0.2) is 12.1 Å². The minimum atomic E-state index is -0.403. The number of hydrogen-bond acceptors (Lipinski definition) is 4. The Morgan fingerprint density at radius 3 is 2.36 bits per heavy atom. The number of ether oxygens (including phenoxy) is 2. The van der Waals surface area contributed by atoms with Gasteiger partial charge in [0.15, 0.2) is 11.5 Å². The maximum absolute atomic E-state index is 6.18. The number of hydrogen-bond donors (Lipinski definition) is 0. The van der Waals surface area contributed by atoms with Crippen LogP contribution < -0.4 is 14.9 Å². The van der Waals surface area contributed by atoms with Crippen LogP contribution >= 0.6 is 0 Å². The van der Waals surface area contributed by atoms with Gasteiger partial charge in [-0.3, -0.25) is 0 Å². The molecule has 0 unspecified atom stereocenters. The van der Waals surface area contributed by atoms with Gasteiger partial charge in [0.05, 0.1) is 18.3 Å². The summed E-state index contributed by atoms with van der Waals surface area (Å²) in [6.45, 7) is 10.9. The SMILES string of the molecule is COc1cc(B2OC(C)(C)C(C)(C)O2)c(C)c2c1OCC=C2. The van der Waals surface area contributed by atoms with Crippen molar-refractivity contribution in [3.63, 3.8) is 0 Å². The lowest BCUT2D eigenvalue weighted by Gasteiger charge is -2.32. The van der Waals surface area contributed by atoms with E-state index in [9.17, 15) is 0 Å². The van der Waals surface area contributed by atoms with Gasteiger partial charge in [-0.2, -0.15) is 0 Å². The van der Waals surface area contributed by atoms with Crippen molar-refractivity contribution in [3.8, 4) is 11.5 Å². The zero-order valence-electron chi connectivity index (χ0n) is 14.1. The molecule has 1 fully saturated rings. The van der Waals surface area contributed by atoms with Crippen molar-refractivity contribution in [1.82, 2.24) is 0 Å². The summed E-state index contributed by atoms with van der Waals surface area (Å²) in [6, 6.07) is 1.97. The van der Waals surface area contributed by atoms with Crippen LogP contribution in [0.2, 0.25) is 0 Å². The third-order valence-electron chi connectivity index (χ3n) is 4.93. The van der Waals surface area contributed by atoms with E-state index < -0.39 is 7.12 Å². The number of methoxy groups -OCH3 is 1. The molecule has 0 aromatic heterocycles. The van der Waals surface area contributed by atoms with Crippen molar-refractivity contribution < 1.29 is 18.8 Å². The minimum Gasteiger partial charge on any atom is -0.493 e. The van der Waals surface area contributed by atoms with Gasteiger partial charge in [0.1, 0.15) is 6.61 Å². The van der Waals surface area contributed by atoms with Crippen LogP contribution in [0.3, 0.4) is 0 Å². The molecule has 3 rings (SSSR count). The van der Waals surface area contributed by atoms with Crippen LogP contribution in [-0.2, 0) is 9.31 Å². The molecule has 0 radical (unpaired) electrons. The molecule has 2 aliphatic rings. The van der Waals surface area contributed by atoms with Crippen LogP contribution in [0.4, 0.5) is 0 Å². The quantitative estimate of drug-likeness (QED) is 0.787. The van der Waals surface area contributed by atoms with Gasteiger partial charge in [-0.1, -0.05) is 6.08 Å². The normalized spacial score (nSPS) is 21.5. The molecule has 22 heavy (non-hydrogen) atoms. The first-order chi connectivity index (χ1) is 10.3. The zero-order valence-corrected chi connectivity index (χ0v) is 14.1. The van der Waals surface area contributed by atoms with Crippen LogP contribution in [-0.4, -0.2) is 32.0 Å². The first kappa shape index (κ1) is 15.4. The Balaban J connectivity index is 2.08. The first-order valence-electron chi connectivity index (χ1n) is 7.63. The first-order valence-corrected chi connectivity index (χ1v) is 7.63. The molecule has 0 saturated carbocycles. The monoisotopic (exact) mass is 302 g/mol. The summed E-state index contributed by atoms with van der Waals surface area (Å²) in [5.74, 6) is 1.51. The fraction of sp³-hybridized carbons (Fsp3) is 0.529. The molecule has 0 spiro atoms. The van der Waals surface area contributed by atoms with E-state index in [4.69, 9.17) is 18.8 Å². The summed E-state index contributed by atoms with van der Waals surface area (Å²) >= 11 is 0. The summed E-state index contributed by atoms with van der Waals surface area (Å²) in [4.78, 5) is 0. The highest BCUT2D eigenvalue weighted by atomic mass is 16.7. The molecule has 0 aliphatic carbocycles. The molecule has 0 N–H and O–H groups in total. The van der Waals surface area contributed by atoms with Gasteiger partial charge in [-0.25, -0.2) is 0 Å². The summed E-state index contributed by atoms with van der Waals surface area (Å²) in [7, 11) is 1.25. The molecule has 1 saturated heterocycles. The van der Waals surface area contributed by atoms with Gasteiger partial charge in [0, 0.05) is 5.56 Å². The van der Waals surface area contributed by atoms with Crippen LogP contribution in [0, 0.1) is 6.92 Å². The van der Waals surface area contributed by atoms with Crippen LogP contribution in [0.1, 0.15) is 38.8 Å². The highest BCUT2D eigenvalue weighted by Crippen LogP contribution is 2.40. The molecular weight excluding hydrogens is 279 g/mol. The Morgan fingerprint density at radius 2 is 1.77 bits per heavy atom. The predicted octanol–water partition coefficient (Wildman–Crippen LogP) is 2.71. The van der Waals surface area contributed by atoms with E-state index in [1.165, 1.54) is 0 Å². The van der Waals surface area contributed by atoms with E-state index in [1.54, 1.807) is 7.11 Å². The van der Waals surface area contributed by atoms with E-state index in [-0.39, 0.29) is 11.2 Å². The van der Waals surface area contributed by atoms with Crippen molar-refractivity contribution in [3.05, 3.63) is 23.3 Å². The second-order valence-electron chi connectivity index (χ2n) is 6.84. The lowest BCUT2D eigenvalue weighted by atomic mass is 9.74. The number of fused-ring (bicyclic) bond motifs is 1. The van der Waals surface area contributed by atoms with Crippen molar-refractivity contribution in [2.24, 2.45) is 0 Å². The Kier molecular flexibility index (Phi) is 3.53. The van der Waals surface area contributed by atoms with Gasteiger partial charge < -0.3 is 18.8 Å². The fourth-order valence-corrected chi connectivity index (χ4v) is 2.79. The van der Waals surface area contributed by atoms with Gasteiger partial charge in [-0.05, 0) is 57.8 Å². The standard InChI is InChI=1S/C17H23BO4/c1-11-12-8-7-9-20-15(12)14(19-6)10-13(11)18-21-16(2,3)17(4,5)22-18/h7-8,10H,9H2,1-6H3. The zero-order chi connectivity index (χ0) is 16.1. The lowest BCUT2D eigenvalue weighted by molar-refractivity contribution is 0.00578. The number of benzene rings is 1. The largest absolute Gasteiger partial charge is 0.495 e. The van der Waals surface area contributed by atoms with E-state index in [2.05, 4.69) is 40.7 Å². The molecule has 1 aromatic carbocycles. The predicted molar refractivity (Wildman–Crippen MR) is 88.0 cm³/mol. The average molecular weight is 302 g/mol. The van der Waals surface area contributed by atoms with Gasteiger partial charge in [-0.15, -0.1) is 0 Å². The van der Waals surface area contributed by atoms with E-state index >= 15 is 0 Å². The van der Waals surface area contributed by atoms with Gasteiger partial charge >= 0.3 is 7.12 Å². The minimum absolute atomic E-state index is 0.362. The third kappa shape index (κ3) is 2.23. The van der Waals surface area contributed by atoms with Crippen molar-refractivity contribution >= 4 is 18.7 Å². The highest BCUT2D eigenvalue weighted by Gasteiger charge is 2.52. The van der Waals surface area contributed by atoms with Gasteiger partial charge in [0.2, 0.25) is 0 Å². The van der Waals surface area contributed by atoms with Crippen molar-refractivity contribution in [2.75, 3.05) is 13.7 Å². The molecule has 4 nitrogen and oxygen atoms in total. The summed E-state index contributed by atoms with van der Waals surface area (Å²) in [5.41, 5.74) is 2.41. The van der Waals surface area contributed by atoms with Crippen LogP contribution in [0.25, 0.3) is 6.08 Å². The Hall–Kier alpha value is -1.46. The molecule has 2 heterocycles. The smallest absolute Gasteiger partial charge is 0.493 e.